The van der Waals surface area contributed by atoms with Gasteiger partial charge in [-0.2, -0.15) is 0 Å². The fourth-order valence-corrected chi connectivity index (χ4v) is 9.70. The molecule has 0 aliphatic rings. The molecule has 0 bridgehead atoms. The number of fused-ring (bicyclic) bond motifs is 10. The summed E-state index contributed by atoms with van der Waals surface area (Å²) in [5, 5.41) is 6.92. The average Bonchev–Trinajstić information content (AvgIpc) is 4.02. The fourth-order valence-electron chi connectivity index (χ4n) is 9.70. The first-order valence-corrected chi connectivity index (χ1v) is 21.3. The van der Waals surface area contributed by atoms with E-state index in [2.05, 4.69) is 209 Å². The van der Waals surface area contributed by atoms with E-state index in [0.717, 1.165) is 94.3 Å². The summed E-state index contributed by atoms with van der Waals surface area (Å²) in [5.41, 5.74) is 15.3. The van der Waals surface area contributed by atoms with Crippen molar-refractivity contribution >= 4 is 65.6 Å². The van der Waals surface area contributed by atoms with Crippen LogP contribution in [0.15, 0.2) is 223 Å². The lowest BCUT2D eigenvalue weighted by atomic mass is 9.99. The molecule has 0 fully saturated rings. The molecule has 0 aliphatic heterocycles. The Labute approximate surface area is 362 Å². The van der Waals surface area contributed by atoms with Crippen molar-refractivity contribution < 1.29 is 4.42 Å². The van der Waals surface area contributed by atoms with Crippen LogP contribution >= 0.6 is 0 Å². The molecule has 5 heteroatoms. The summed E-state index contributed by atoms with van der Waals surface area (Å²) in [7, 11) is 0. The van der Waals surface area contributed by atoms with Gasteiger partial charge in [-0.15, -0.1) is 0 Å². The van der Waals surface area contributed by atoms with Crippen LogP contribution in [-0.2, 0) is 0 Å². The van der Waals surface area contributed by atoms with E-state index in [9.17, 15) is 0 Å². The van der Waals surface area contributed by atoms with Gasteiger partial charge in [-0.25, -0.2) is 9.97 Å². The van der Waals surface area contributed by atoms with Crippen LogP contribution in [0.4, 0.5) is 0 Å². The molecular formula is C58H36N4O. The Bertz CT molecular complexity index is 3800. The molecule has 63 heavy (non-hydrogen) atoms. The number of hydrogen-bond acceptors (Lipinski definition) is 3. The largest absolute Gasteiger partial charge is 0.455 e. The van der Waals surface area contributed by atoms with Gasteiger partial charge < -0.3 is 13.6 Å². The Hall–Kier alpha value is -8.54. The van der Waals surface area contributed by atoms with E-state index in [1.807, 2.05) is 18.2 Å². The Kier molecular flexibility index (Phi) is 7.84. The van der Waals surface area contributed by atoms with Crippen molar-refractivity contribution in [2.75, 3.05) is 0 Å². The quantitative estimate of drug-likeness (QED) is 0.168. The second-order valence-electron chi connectivity index (χ2n) is 16.1. The van der Waals surface area contributed by atoms with E-state index < -0.39 is 0 Å². The topological polar surface area (TPSA) is 48.8 Å². The lowest BCUT2D eigenvalue weighted by Gasteiger charge is -2.17. The predicted octanol–water partition coefficient (Wildman–Crippen LogP) is 15.2. The highest BCUT2D eigenvalue weighted by Crippen LogP contribution is 2.43. The molecule has 13 rings (SSSR count). The van der Waals surface area contributed by atoms with Gasteiger partial charge in [0.25, 0.3) is 0 Å². The van der Waals surface area contributed by atoms with Crippen molar-refractivity contribution in [3.05, 3.63) is 218 Å². The Morgan fingerprint density at radius 2 is 0.921 bits per heavy atom. The van der Waals surface area contributed by atoms with E-state index in [-0.39, 0.29) is 0 Å². The molecule has 9 aromatic carbocycles. The summed E-state index contributed by atoms with van der Waals surface area (Å²) in [6.07, 6.45) is 0. The van der Waals surface area contributed by atoms with Crippen LogP contribution in [0.1, 0.15) is 0 Å². The summed E-state index contributed by atoms with van der Waals surface area (Å²) in [6, 6.07) is 77.3. The lowest BCUT2D eigenvalue weighted by Crippen LogP contribution is -2.01. The third kappa shape index (κ3) is 5.57. The Balaban J connectivity index is 1.09. The average molecular weight is 805 g/mol. The molecule has 0 radical (unpaired) electrons. The third-order valence-electron chi connectivity index (χ3n) is 12.5. The van der Waals surface area contributed by atoms with Crippen molar-refractivity contribution in [1.29, 1.82) is 0 Å². The van der Waals surface area contributed by atoms with E-state index in [4.69, 9.17) is 14.4 Å². The number of aromatic nitrogens is 4. The molecular weight excluding hydrogens is 769 g/mol. The fraction of sp³-hybridized carbons (Fsp3) is 0. The maximum atomic E-state index is 6.70. The van der Waals surface area contributed by atoms with E-state index in [0.29, 0.717) is 5.82 Å². The first-order valence-electron chi connectivity index (χ1n) is 21.3. The van der Waals surface area contributed by atoms with E-state index in [1.165, 1.54) is 21.8 Å². The minimum Gasteiger partial charge on any atom is -0.455 e. The van der Waals surface area contributed by atoms with Gasteiger partial charge in [-0.05, 0) is 78.4 Å². The predicted molar refractivity (Wildman–Crippen MR) is 260 cm³/mol. The number of benzene rings is 9. The van der Waals surface area contributed by atoms with Crippen LogP contribution in [0.25, 0.3) is 122 Å². The van der Waals surface area contributed by atoms with Crippen molar-refractivity contribution in [2.24, 2.45) is 0 Å². The highest BCUT2D eigenvalue weighted by atomic mass is 16.3. The molecule has 0 N–H and O–H groups in total. The highest BCUT2D eigenvalue weighted by Gasteiger charge is 2.22. The summed E-state index contributed by atoms with van der Waals surface area (Å²) in [6.45, 7) is 0. The first kappa shape index (κ1) is 35.2. The van der Waals surface area contributed by atoms with Crippen LogP contribution < -0.4 is 0 Å². The molecule has 4 aromatic heterocycles. The minimum atomic E-state index is 0.660. The second-order valence-corrected chi connectivity index (χ2v) is 16.1. The molecule has 0 amide bonds. The van der Waals surface area contributed by atoms with Gasteiger partial charge in [0, 0.05) is 54.9 Å². The molecule has 13 aromatic rings. The number of rotatable bonds is 6. The van der Waals surface area contributed by atoms with Crippen molar-refractivity contribution in [2.45, 2.75) is 0 Å². The zero-order chi connectivity index (χ0) is 41.4. The molecule has 5 nitrogen and oxygen atoms in total. The third-order valence-corrected chi connectivity index (χ3v) is 12.5. The van der Waals surface area contributed by atoms with Gasteiger partial charge >= 0.3 is 0 Å². The smallest absolute Gasteiger partial charge is 0.160 e. The number of para-hydroxylation sites is 4. The SMILES string of the molecule is c1ccc(-c2cc(-c3ccccc3)nc(-c3ccc(-n4c5ccccc5c5c6oc7ccccc7c6ccc54)c(-c4cccc(-n5c6ccccc6c6ccccc65)c4)c3)n2)cc1. The van der Waals surface area contributed by atoms with Gasteiger partial charge in [0.1, 0.15) is 11.2 Å². The van der Waals surface area contributed by atoms with Crippen molar-refractivity contribution in [1.82, 2.24) is 19.1 Å². The highest BCUT2D eigenvalue weighted by molar-refractivity contribution is 6.24. The Morgan fingerprint density at radius 1 is 0.349 bits per heavy atom. The maximum Gasteiger partial charge on any atom is 0.160 e. The van der Waals surface area contributed by atoms with Gasteiger partial charge in [0.15, 0.2) is 5.82 Å². The van der Waals surface area contributed by atoms with Gasteiger partial charge in [0.05, 0.1) is 44.5 Å². The zero-order valence-corrected chi connectivity index (χ0v) is 34.0. The first-order chi connectivity index (χ1) is 31.2. The van der Waals surface area contributed by atoms with E-state index in [1.54, 1.807) is 0 Å². The summed E-state index contributed by atoms with van der Waals surface area (Å²) >= 11 is 0. The maximum absolute atomic E-state index is 6.70. The monoisotopic (exact) mass is 804 g/mol. The van der Waals surface area contributed by atoms with Crippen LogP contribution in [0.2, 0.25) is 0 Å². The van der Waals surface area contributed by atoms with Crippen LogP contribution in [0, 0.1) is 0 Å². The summed E-state index contributed by atoms with van der Waals surface area (Å²) in [5.74, 6) is 0.660. The van der Waals surface area contributed by atoms with Crippen molar-refractivity contribution in [3.63, 3.8) is 0 Å². The molecule has 0 atom stereocenters. The van der Waals surface area contributed by atoms with Crippen LogP contribution in [-0.4, -0.2) is 19.1 Å². The summed E-state index contributed by atoms with van der Waals surface area (Å²) < 4.78 is 11.5. The molecule has 4 heterocycles. The molecule has 0 spiro atoms. The Morgan fingerprint density at radius 3 is 1.60 bits per heavy atom. The number of hydrogen-bond donors (Lipinski definition) is 0. The standard InChI is InChI=1S/C58H36N4O/c1-3-16-37(17-4-1)48-36-49(38-18-5-2-6-19-38)60-58(59-48)40-30-32-53(62-52-28-13-9-25-46(52)56-54(62)33-31-45-44-24-10-14-29-55(44)63-57(45)56)47(35-40)39-20-15-21-41(34-39)61-50-26-11-7-22-42(50)43-23-8-12-27-51(43)61/h1-36H. The minimum absolute atomic E-state index is 0.660. The normalized spacial score (nSPS) is 11.8. The molecule has 0 saturated heterocycles. The lowest BCUT2D eigenvalue weighted by molar-refractivity contribution is 0.673. The molecule has 0 saturated carbocycles. The number of nitrogens with zero attached hydrogens (tertiary/aromatic N) is 4. The van der Waals surface area contributed by atoms with Gasteiger partial charge in [0.2, 0.25) is 0 Å². The van der Waals surface area contributed by atoms with Gasteiger partial charge in [-0.1, -0.05) is 146 Å². The van der Waals surface area contributed by atoms with Crippen LogP contribution in [0.3, 0.4) is 0 Å². The molecule has 294 valence electrons. The van der Waals surface area contributed by atoms with Gasteiger partial charge in [-0.3, -0.25) is 0 Å². The second kappa shape index (κ2) is 14.0. The van der Waals surface area contributed by atoms with E-state index >= 15 is 0 Å². The molecule has 0 aliphatic carbocycles. The van der Waals surface area contributed by atoms with Crippen LogP contribution in [0.5, 0.6) is 0 Å². The molecule has 0 unspecified atom stereocenters. The summed E-state index contributed by atoms with van der Waals surface area (Å²) in [4.78, 5) is 10.5. The zero-order valence-electron chi connectivity index (χ0n) is 34.0. The van der Waals surface area contributed by atoms with Crippen molar-refractivity contribution in [3.8, 4) is 56.4 Å². The number of furan rings is 1.